The van der Waals surface area contributed by atoms with Crippen molar-refractivity contribution in [1.29, 1.82) is 0 Å². The van der Waals surface area contributed by atoms with E-state index < -0.39 is 0 Å². The first-order valence-corrected chi connectivity index (χ1v) is 10.0. The summed E-state index contributed by atoms with van der Waals surface area (Å²) >= 11 is 0. The van der Waals surface area contributed by atoms with Crippen LogP contribution in [0.5, 0.6) is 0 Å². The van der Waals surface area contributed by atoms with Crippen LogP contribution in [0.15, 0.2) is 59.1 Å². The van der Waals surface area contributed by atoms with Gasteiger partial charge in [0.15, 0.2) is 5.69 Å². The molecule has 2 aromatic carbocycles. The van der Waals surface area contributed by atoms with Gasteiger partial charge in [-0.15, -0.1) is 0 Å². The van der Waals surface area contributed by atoms with E-state index in [-0.39, 0.29) is 18.1 Å². The smallest absolute Gasteiger partial charge is 0.279 e. The molecule has 3 heterocycles. The molecule has 0 aliphatic carbocycles. The van der Waals surface area contributed by atoms with Crippen molar-refractivity contribution in [2.45, 2.75) is 19.4 Å². The van der Waals surface area contributed by atoms with E-state index >= 15 is 0 Å². The first-order chi connectivity index (χ1) is 15.1. The number of carbonyl (C=O) groups is 1. The number of rotatable bonds is 4. The summed E-state index contributed by atoms with van der Waals surface area (Å²) in [6, 6.07) is 15.6. The summed E-state index contributed by atoms with van der Waals surface area (Å²) < 4.78 is 20.5. The highest BCUT2D eigenvalue weighted by Crippen LogP contribution is 2.30. The molecule has 7 nitrogen and oxygen atoms in total. The van der Waals surface area contributed by atoms with E-state index in [2.05, 4.69) is 15.2 Å². The molecular formula is C23H20FN5O2. The molecule has 0 saturated carbocycles. The van der Waals surface area contributed by atoms with Crippen molar-refractivity contribution in [2.24, 2.45) is 7.05 Å². The Kier molecular flexibility index (Phi) is 4.82. The normalized spacial score (nSPS) is 13.3. The number of halogens is 1. The van der Waals surface area contributed by atoms with Crippen molar-refractivity contribution in [2.75, 3.05) is 6.54 Å². The second-order valence-electron chi connectivity index (χ2n) is 7.56. The quantitative estimate of drug-likeness (QED) is 0.509. The molecule has 5 rings (SSSR count). The number of fused-ring (bicyclic) bond motifs is 1. The predicted octanol–water partition coefficient (Wildman–Crippen LogP) is 3.40. The molecule has 1 aliphatic rings. The third kappa shape index (κ3) is 3.72. The van der Waals surface area contributed by atoms with Gasteiger partial charge >= 0.3 is 0 Å². The van der Waals surface area contributed by atoms with Crippen LogP contribution in [-0.4, -0.2) is 37.3 Å². The molecule has 1 amide bonds. The molecule has 0 spiro atoms. The summed E-state index contributed by atoms with van der Waals surface area (Å²) in [6.07, 6.45) is 0.914. The van der Waals surface area contributed by atoms with Crippen LogP contribution >= 0.6 is 0 Å². The van der Waals surface area contributed by atoms with Gasteiger partial charge in [0, 0.05) is 43.4 Å². The second-order valence-corrected chi connectivity index (χ2v) is 7.56. The topological polar surface area (TPSA) is 77.1 Å². The maximum atomic E-state index is 13.1. The van der Waals surface area contributed by atoms with E-state index in [1.165, 1.54) is 12.1 Å². The van der Waals surface area contributed by atoms with E-state index in [1.807, 2.05) is 42.1 Å². The fourth-order valence-corrected chi connectivity index (χ4v) is 3.89. The Balaban J connectivity index is 1.40. The monoisotopic (exact) mass is 417 g/mol. The van der Waals surface area contributed by atoms with Gasteiger partial charge in [-0.2, -0.15) is 10.1 Å². The van der Waals surface area contributed by atoms with Crippen LogP contribution in [0.1, 0.15) is 16.8 Å². The number of hydrogen-bond acceptors (Lipinski definition) is 5. The van der Waals surface area contributed by atoms with E-state index in [0.29, 0.717) is 36.9 Å². The Morgan fingerprint density at radius 1 is 1.13 bits per heavy atom. The lowest BCUT2D eigenvalue weighted by Gasteiger charge is -2.27. The van der Waals surface area contributed by atoms with Gasteiger partial charge in [0.1, 0.15) is 5.82 Å². The van der Waals surface area contributed by atoms with Crippen molar-refractivity contribution in [1.82, 2.24) is 24.8 Å². The van der Waals surface area contributed by atoms with Crippen LogP contribution in [0.3, 0.4) is 0 Å². The molecule has 1 aliphatic heterocycles. The average Bonchev–Trinajstić information content (AvgIpc) is 3.41. The zero-order chi connectivity index (χ0) is 21.4. The maximum absolute atomic E-state index is 13.1. The minimum Gasteiger partial charge on any atom is -0.338 e. The van der Waals surface area contributed by atoms with Crippen LogP contribution in [0.4, 0.5) is 4.39 Å². The van der Waals surface area contributed by atoms with E-state index in [0.717, 1.165) is 22.4 Å². The van der Waals surface area contributed by atoms with Gasteiger partial charge in [-0.3, -0.25) is 9.48 Å². The third-order valence-corrected chi connectivity index (χ3v) is 5.52. The Hall–Kier alpha value is -3.81. The lowest BCUT2D eigenvalue weighted by molar-refractivity contribution is -0.131. The molecule has 0 N–H and O–H groups in total. The van der Waals surface area contributed by atoms with Gasteiger partial charge in [0.05, 0.1) is 6.42 Å². The van der Waals surface area contributed by atoms with E-state index in [9.17, 15) is 9.18 Å². The molecular weight excluding hydrogens is 397 g/mol. The SMILES string of the molecule is Cn1nc(-c2nc(-c3ccccc3)no2)c2c1CCN(C(=O)Cc1ccc(F)cc1)C2. The maximum Gasteiger partial charge on any atom is 0.279 e. The molecule has 0 fully saturated rings. The Morgan fingerprint density at radius 3 is 2.68 bits per heavy atom. The molecule has 31 heavy (non-hydrogen) atoms. The Morgan fingerprint density at radius 2 is 1.90 bits per heavy atom. The van der Waals surface area contributed by atoms with Crippen LogP contribution < -0.4 is 0 Å². The molecule has 0 bridgehead atoms. The van der Waals surface area contributed by atoms with Crippen LogP contribution in [0.2, 0.25) is 0 Å². The lowest BCUT2D eigenvalue weighted by Crippen LogP contribution is -2.37. The number of nitrogens with zero attached hydrogens (tertiary/aromatic N) is 5. The fraction of sp³-hybridized carbons (Fsp3) is 0.217. The first-order valence-electron chi connectivity index (χ1n) is 10.0. The van der Waals surface area contributed by atoms with Gasteiger partial charge in [-0.25, -0.2) is 4.39 Å². The lowest BCUT2D eigenvalue weighted by atomic mass is 10.0. The molecule has 0 atom stereocenters. The third-order valence-electron chi connectivity index (χ3n) is 5.52. The molecule has 0 saturated heterocycles. The zero-order valence-corrected chi connectivity index (χ0v) is 17.0. The summed E-state index contributed by atoms with van der Waals surface area (Å²) in [5, 5.41) is 8.69. The van der Waals surface area contributed by atoms with Crippen LogP contribution in [-0.2, 0) is 31.2 Å². The van der Waals surface area contributed by atoms with E-state index in [1.54, 1.807) is 17.0 Å². The molecule has 4 aromatic rings. The highest BCUT2D eigenvalue weighted by Gasteiger charge is 2.29. The van der Waals surface area contributed by atoms with Crippen LogP contribution in [0.25, 0.3) is 23.0 Å². The van der Waals surface area contributed by atoms with Crippen molar-refractivity contribution >= 4 is 5.91 Å². The van der Waals surface area contributed by atoms with Gasteiger partial charge in [-0.05, 0) is 17.7 Å². The Labute approximate surface area is 178 Å². The number of carbonyl (C=O) groups excluding carboxylic acids is 1. The zero-order valence-electron chi connectivity index (χ0n) is 17.0. The molecule has 0 unspecified atom stereocenters. The minimum atomic E-state index is -0.312. The van der Waals surface area contributed by atoms with Crippen molar-refractivity contribution in [3.05, 3.63) is 77.2 Å². The minimum absolute atomic E-state index is 0.0115. The number of aromatic nitrogens is 4. The van der Waals surface area contributed by atoms with Gasteiger partial charge in [0.2, 0.25) is 11.7 Å². The highest BCUT2D eigenvalue weighted by atomic mass is 19.1. The second kappa shape index (κ2) is 7.79. The summed E-state index contributed by atoms with van der Waals surface area (Å²) in [4.78, 5) is 19.2. The van der Waals surface area contributed by atoms with Gasteiger partial charge in [-0.1, -0.05) is 47.6 Å². The first kappa shape index (κ1) is 19.2. The largest absolute Gasteiger partial charge is 0.338 e. The Bertz CT molecular complexity index is 1230. The number of amides is 1. The van der Waals surface area contributed by atoms with Gasteiger partial charge in [0.25, 0.3) is 5.89 Å². The van der Waals surface area contributed by atoms with Crippen molar-refractivity contribution in [3.8, 4) is 23.0 Å². The van der Waals surface area contributed by atoms with Crippen molar-refractivity contribution in [3.63, 3.8) is 0 Å². The predicted molar refractivity (Wildman–Crippen MR) is 111 cm³/mol. The number of hydrogen-bond donors (Lipinski definition) is 0. The van der Waals surface area contributed by atoms with E-state index in [4.69, 9.17) is 4.52 Å². The summed E-state index contributed by atoms with van der Waals surface area (Å²) in [6.45, 7) is 1.02. The molecule has 8 heteroatoms. The highest BCUT2D eigenvalue weighted by molar-refractivity contribution is 5.79. The molecule has 0 radical (unpaired) electrons. The van der Waals surface area contributed by atoms with Crippen molar-refractivity contribution < 1.29 is 13.7 Å². The average molecular weight is 417 g/mol. The summed E-state index contributed by atoms with van der Waals surface area (Å²) in [7, 11) is 1.88. The van der Waals surface area contributed by atoms with Gasteiger partial charge < -0.3 is 9.42 Å². The molecule has 156 valence electrons. The van der Waals surface area contributed by atoms with Crippen LogP contribution in [0, 0.1) is 5.82 Å². The standard InChI is InChI=1S/C23H20FN5O2/c1-28-19-11-12-29(20(30)13-15-7-9-17(24)10-8-15)14-18(19)21(26-28)23-25-22(27-31-23)16-5-3-2-4-6-16/h2-10H,11-14H2,1H3. The number of aryl methyl sites for hydroxylation is 1. The number of benzene rings is 2. The molecule has 2 aromatic heterocycles. The summed E-state index contributed by atoms with van der Waals surface area (Å²) in [5.74, 6) is 0.509. The fourth-order valence-electron chi connectivity index (χ4n) is 3.89. The summed E-state index contributed by atoms with van der Waals surface area (Å²) in [5.41, 5.74) is 4.22.